The van der Waals surface area contributed by atoms with Crippen molar-refractivity contribution in [2.24, 2.45) is 0 Å². The molecule has 0 spiro atoms. The Balaban J connectivity index is 1.99. The van der Waals surface area contributed by atoms with Crippen LogP contribution in [-0.2, 0) is 0 Å². The molecule has 5 nitrogen and oxygen atoms in total. The van der Waals surface area contributed by atoms with Crippen LogP contribution in [0.15, 0.2) is 46.9 Å². The fraction of sp³-hybridized carbons (Fsp3) is 0.222. The van der Waals surface area contributed by atoms with Gasteiger partial charge in [-0.3, -0.25) is 10.1 Å². The molecule has 1 amide bonds. The third-order valence-corrected chi connectivity index (χ3v) is 3.95. The van der Waals surface area contributed by atoms with Gasteiger partial charge in [-0.1, -0.05) is 6.07 Å². The van der Waals surface area contributed by atoms with Crippen molar-refractivity contribution in [1.29, 1.82) is 0 Å². The van der Waals surface area contributed by atoms with Crippen molar-refractivity contribution < 1.29 is 14.3 Å². The molecule has 0 saturated carbocycles. The molecule has 0 fully saturated rings. The number of benzene rings is 2. The Morgan fingerprint density at radius 2 is 1.88 bits per heavy atom. The normalized spacial score (nSPS) is 10.0. The quantitative estimate of drug-likeness (QED) is 0.676. The summed E-state index contributed by atoms with van der Waals surface area (Å²) in [7, 11) is 0. The molecule has 0 radical (unpaired) electrons. The first-order valence-corrected chi connectivity index (χ1v) is 9.01. The van der Waals surface area contributed by atoms with Gasteiger partial charge in [0.2, 0.25) is 0 Å². The molecule has 2 aromatic rings. The van der Waals surface area contributed by atoms with Crippen LogP contribution in [0.3, 0.4) is 0 Å². The molecular formula is C18H19BrN2O3S. The average molecular weight is 423 g/mol. The first kappa shape index (κ1) is 19.2. The molecule has 0 aromatic heterocycles. The van der Waals surface area contributed by atoms with Gasteiger partial charge in [0.05, 0.1) is 17.7 Å². The molecule has 0 atom stereocenters. The number of hydrogen-bond donors (Lipinski definition) is 2. The maximum Gasteiger partial charge on any atom is 0.257 e. The number of amides is 1. The molecule has 0 saturated heterocycles. The molecule has 0 aliphatic heterocycles. The van der Waals surface area contributed by atoms with Gasteiger partial charge < -0.3 is 14.8 Å². The Morgan fingerprint density at radius 1 is 1.12 bits per heavy atom. The third-order valence-electron chi connectivity index (χ3n) is 3.12. The van der Waals surface area contributed by atoms with E-state index in [2.05, 4.69) is 26.6 Å². The van der Waals surface area contributed by atoms with E-state index in [0.717, 1.165) is 11.4 Å². The molecule has 7 heteroatoms. The first-order chi connectivity index (χ1) is 12.0. The van der Waals surface area contributed by atoms with Crippen LogP contribution in [0.4, 0.5) is 5.69 Å². The summed E-state index contributed by atoms with van der Waals surface area (Å²) < 4.78 is 11.6. The lowest BCUT2D eigenvalue weighted by atomic mass is 10.2. The first-order valence-electron chi connectivity index (χ1n) is 7.81. The zero-order chi connectivity index (χ0) is 18.2. The summed E-state index contributed by atoms with van der Waals surface area (Å²) in [5, 5.41) is 5.84. The number of hydrogen-bond acceptors (Lipinski definition) is 4. The molecule has 2 rings (SSSR count). The van der Waals surface area contributed by atoms with Crippen molar-refractivity contribution in [3.63, 3.8) is 0 Å². The van der Waals surface area contributed by atoms with Crippen LogP contribution >= 0.6 is 28.1 Å². The molecule has 25 heavy (non-hydrogen) atoms. The number of carbonyl (C=O) groups is 1. The van der Waals surface area contributed by atoms with E-state index in [9.17, 15) is 4.79 Å². The lowest BCUT2D eigenvalue weighted by molar-refractivity contribution is 0.0977. The summed E-state index contributed by atoms with van der Waals surface area (Å²) in [4.78, 5) is 12.3. The monoisotopic (exact) mass is 422 g/mol. The predicted molar refractivity (Wildman–Crippen MR) is 107 cm³/mol. The van der Waals surface area contributed by atoms with Crippen LogP contribution in [0.2, 0.25) is 0 Å². The van der Waals surface area contributed by atoms with E-state index in [0.29, 0.717) is 29.0 Å². The van der Waals surface area contributed by atoms with Gasteiger partial charge in [-0.2, -0.15) is 0 Å². The molecular weight excluding hydrogens is 404 g/mol. The summed E-state index contributed by atoms with van der Waals surface area (Å²) >= 11 is 8.59. The standard InChI is InChI=1S/C18H19BrN2O3S/c1-3-23-14-7-5-6-13(11-14)20-18(25)21-17(22)12-8-9-16(24-4-2)15(19)10-12/h5-11H,3-4H2,1-2H3,(H2,20,21,22,25). The second kappa shape index (κ2) is 9.39. The minimum absolute atomic E-state index is 0.212. The maximum atomic E-state index is 12.3. The average Bonchev–Trinajstić information content (AvgIpc) is 2.57. The topological polar surface area (TPSA) is 59.6 Å². The van der Waals surface area contributed by atoms with Crippen molar-refractivity contribution >= 4 is 44.9 Å². The second-order valence-corrected chi connectivity index (χ2v) is 6.21. The SMILES string of the molecule is CCOc1cccc(NC(=S)NC(=O)c2ccc(OCC)c(Br)c2)c1. The zero-order valence-electron chi connectivity index (χ0n) is 14.0. The lowest BCUT2D eigenvalue weighted by Crippen LogP contribution is -2.34. The van der Waals surface area contributed by atoms with E-state index in [1.54, 1.807) is 18.2 Å². The van der Waals surface area contributed by atoms with Crippen molar-refractivity contribution in [1.82, 2.24) is 5.32 Å². The van der Waals surface area contributed by atoms with Crippen molar-refractivity contribution in [3.05, 3.63) is 52.5 Å². The van der Waals surface area contributed by atoms with E-state index in [1.807, 2.05) is 38.1 Å². The predicted octanol–water partition coefficient (Wildman–Crippen LogP) is 4.37. The van der Waals surface area contributed by atoms with Crippen LogP contribution < -0.4 is 20.1 Å². The van der Waals surface area contributed by atoms with E-state index < -0.39 is 0 Å². The summed E-state index contributed by atoms with van der Waals surface area (Å²) in [6.07, 6.45) is 0. The molecule has 2 N–H and O–H groups in total. The molecule has 0 aliphatic carbocycles. The molecule has 0 heterocycles. The minimum atomic E-state index is -0.304. The van der Waals surface area contributed by atoms with Gasteiger partial charge in [0, 0.05) is 17.3 Å². The van der Waals surface area contributed by atoms with E-state index in [1.165, 1.54) is 0 Å². The van der Waals surface area contributed by atoms with Gasteiger partial charge in [0.1, 0.15) is 11.5 Å². The highest BCUT2D eigenvalue weighted by Crippen LogP contribution is 2.26. The Hall–Kier alpha value is -2.12. The van der Waals surface area contributed by atoms with Crippen LogP contribution in [-0.4, -0.2) is 24.2 Å². The van der Waals surface area contributed by atoms with Crippen LogP contribution in [0.25, 0.3) is 0 Å². The number of nitrogens with one attached hydrogen (secondary N) is 2. The number of ether oxygens (including phenoxy) is 2. The number of halogens is 1. The van der Waals surface area contributed by atoms with Gasteiger partial charge in [0.15, 0.2) is 5.11 Å². The minimum Gasteiger partial charge on any atom is -0.494 e. The molecule has 132 valence electrons. The van der Waals surface area contributed by atoms with Gasteiger partial charge >= 0.3 is 0 Å². The van der Waals surface area contributed by atoms with Crippen LogP contribution in [0.5, 0.6) is 11.5 Å². The number of carbonyl (C=O) groups excluding carboxylic acids is 1. The highest BCUT2D eigenvalue weighted by Gasteiger charge is 2.11. The molecule has 0 bridgehead atoms. The third kappa shape index (κ3) is 5.72. The number of thiocarbonyl (C=S) groups is 1. The Morgan fingerprint density at radius 3 is 2.56 bits per heavy atom. The second-order valence-electron chi connectivity index (χ2n) is 4.95. The highest BCUT2D eigenvalue weighted by atomic mass is 79.9. The lowest BCUT2D eigenvalue weighted by Gasteiger charge is -2.12. The van der Waals surface area contributed by atoms with Crippen LogP contribution in [0.1, 0.15) is 24.2 Å². The Kier molecular flexibility index (Phi) is 7.21. The Labute approximate surface area is 160 Å². The fourth-order valence-electron chi connectivity index (χ4n) is 2.08. The highest BCUT2D eigenvalue weighted by molar-refractivity contribution is 9.10. The van der Waals surface area contributed by atoms with Gasteiger partial charge in [-0.05, 0) is 72.3 Å². The molecule has 2 aromatic carbocycles. The summed E-state index contributed by atoms with van der Waals surface area (Å²) in [5.41, 5.74) is 1.21. The van der Waals surface area contributed by atoms with Crippen LogP contribution in [0, 0.1) is 0 Å². The maximum absolute atomic E-state index is 12.3. The zero-order valence-corrected chi connectivity index (χ0v) is 16.4. The van der Waals surface area contributed by atoms with Gasteiger partial charge in [-0.15, -0.1) is 0 Å². The molecule has 0 aliphatic rings. The largest absolute Gasteiger partial charge is 0.494 e. The van der Waals surface area contributed by atoms with Crippen molar-refractivity contribution in [2.75, 3.05) is 18.5 Å². The number of rotatable bonds is 6. The smallest absolute Gasteiger partial charge is 0.257 e. The van der Waals surface area contributed by atoms with Gasteiger partial charge in [0.25, 0.3) is 5.91 Å². The van der Waals surface area contributed by atoms with Crippen molar-refractivity contribution in [3.8, 4) is 11.5 Å². The summed E-state index contributed by atoms with van der Waals surface area (Å²) in [5.74, 6) is 1.12. The summed E-state index contributed by atoms with van der Waals surface area (Å²) in [6, 6.07) is 12.5. The van der Waals surface area contributed by atoms with E-state index in [-0.39, 0.29) is 11.0 Å². The van der Waals surface area contributed by atoms with Gasteiger partial charge in [-0.25, -0.2) is 0 Å². The molecule has 0 unspecified atom stereocenters. The van der Waals surface area contributed by atoms with Crippen molar-refractivity contribution in [2.45, 2.75) is 13.8 Å². The summed E-state index contributed by atoms with van der Waals surface area (Å²) in [6.45, 7) is 4.95. The Bertz CT molecular complexity index is 768. The van der Waals surface area contributed by atoms with E-state index in [4.69, 9.17) is 21.7 Å². The number of anilines is 1. The fourth-order valence-corrected chi connectivity index (χ4v) is 2.79. The van der Waals surface area contributed by atoms with E-state index >= 15 is 0 Å².